The Morgan fingerprint density at radius 2 is 1.84 bits per heavy atom. The van der Waals surface area contributed by atoms with Gasteiger partial charge in [-0.15, -0.1) is 0 Å². The molecule has 0 bridgehead atoms. The van der Waals surface area contributed by atoms with E-state index in [0.717, 1.165) is 37.9 Å². The van der Waals surface area contributed by atoms with E-state index >= 15 is 0 Å². The van der Waals surface area contributed by atoms with E-state index in [1.165, 1.54) is 18.4 Å². The van der Waals surface area contributed by atoms with Crippen LogP contribution < -0.4 is 15.4 Å². The number of hydrogen-bond donors (Lipinski definition) is 2. The summed E-state index contributed by atoms with van der Waals surface area (Å²) in [6.45, 7) is 6.30. The molecule has 1 aromatic carbocycles. The van der Waals surface area contributed by atoms with E-state index in [1.807, 2.05) is 30.9 Å². The minimum absolute atomic E-state index is 0.352. The zero-order chi connectivity index (χ0) is 18.1. The number of methoxy groups -OCH3 is 1. The molecule has 1 aliphatic rings. The van der Waals surface area contributed by atoms with E-state index in [-0.39, 0.29) is 0 Å². The molecular formula is C19H32N4OS. The number of likely N-dealkylation sites (tertiary alicyclic amines) is 1. The van der Waals surface area contributed by atoms with E-state index in [9.17, 15) is 0 Å². The molecule has 5 nitrogen and oxygen atoms in total. The summed E-state index contributed by atoms with van der Waals surface area (Å²) in [5.74, 6) is 1.78. The molecule has 1 aliphatic heterocycles. The van der Waals surface area contributed by atoms with Crippen molar-refractivity contribution < 1.29 is 4.74 Å². The van der Waals surface area contributed by atoms with Crippen LogP contribution in [0.4, 0.5) is 0 Å². The van der Waals surface area contributed by atoms with Crippen molar-refractivity contribution in [2.24, 2.45) is 4.99 Å². The van der Waals surface area contributed by atoms with Gasteiger partial charge in [0.05, 0.1) is 13.2 Å². The molecule has 140 valence electrons. The van der Waals surface area contributed by atoms with Crippen LogP contribution in [0.15, 0.2) is 29.3 Å². The number of nitrogens with zero attached hydrogens (tertiary/aromatic N) is 2. The van der Waals surface area contributed by atoms with Crippen LogP contribution in [0, 0.1) is 0 Å². The van der Waals surface area contributed by atoms with Gasteiger partial charge in [0.2, 0.25) is 0 Å². The smallest absolute Gasteiger partial charge is 0.191 e. The van der Waals surface area contributed by atoms with Gasteiger partial charge in [-0.2, -0.15) is 11.8 Å². The zero-order valence-electron chi connectivity index (χ0n) is 15.9. The lowest BCUT2D eigenvalue weighted by molar-refractivity contribution is 0.245. The zero-order valence-corrected chi connectivity index (χ0v) is 16.7. The van der Waals surface area contributed by atoms with Gasteiger partial charge < -0.3 is 15.4 Å². The van der Waals surface area contributed by atoms with Gasteiger partial charge in [0, 0.05) is 25.4 Å². The first-order valence-electron chi connectivity index (χ1n) is 9.03. The topological polar surface area (TPSA) is 48.9 Å². The first-order valence-corrected chi connectivity index (χ1v) is 10.3. The van der Waals surface area contributed by atoms with Crippen molar-refractivity contribution in [3.05, 3.63) is 29.8 Å². The van der Waals surface area contributed by atoms with Crippen LogP contribution in [-0.4, -0.2) is 62.7 Å². The summed E-state index contributed by atoms with van der Waals surface area (Å²) in [6.07, 6.45) is 4.70. The van der Waals surface area contributed by atoms with Crippen molar-refractivity contribution in [1.29, 1.82) is 0 Å². The van der Waals surface area contributed by atoms with Gasteiger partial charge in [0.25, 0.3) is 0 Å². The van der Waals surface area contributed by atoms with Crippen LogP contribution in [0.1, 0.15) is 31.4 Å². The summed E-state index contributed by atoms with van der Waals surface area (Å²) in [6, 6.07) is 8.80. The fourth-order valence-corrected chi connectivity index (χ4v) is 3.32. The highest BCUT2D eigenvalue weighted by Gasteiger charge is 2.23. The van der Waals surface area contributed by atoms with E-state index < -0.39 is 0 Å². The van der Waals surface area contributed by atoms with Crippen LogP contribution in [-0.2, 0) is 0 Å². The second-order valence-corrected chi connectivity index (χ2v) is 7.69. The second-order valence-electron chi connectivity index (χ2n) is 6.41. The molecule has 2 unspecified atom stereocenters. The van der Waals surface area contributed by atoms with Crippen molar-refractivity contribution in [3.8, 4) is 5.75 Å². The van der Waals surface area contributed by atoms with Crippen LogP contribution in [0.2, 0.25) is 0 Å². The number of nitrogens with one attached hydrogen (secondary N) is 2. The molecule has 0 aliphatic carbocycles. The number of aliphatic imine (C=N–C) groups is 1. The summed E-state index contributed by atoms with van der Waals surface area (Å²) in [7, 11) is 3.54. The molecule has 6 heteroatoms. The predicted octanol–water partition coefficient (Wildman–Crippen LogP) is 2.75. The number of guanidine groups is 1. The monoisotopic (exact) mass is 364 g/mol. The fraction of sp³-hybridized carbons (Fsp3) is 0.632. The Bertz CT molecular complexity index is 529. The van der Waals surface area contributed by atoms with E-state index in [4.69, 9.17) is 4.74 Å². The highest BCUT2D eigenvalue weighted by molar-refractivity contribution is 7.99. The molecule has 25 heavy (non-hydrogen) atoms. The maximum Gasteiger partial charge on any atom is 0.191 e. The molecule has 1 saturated heterocycles. The lowest BCUT2D eigenvalue weighted by Crippen LogP contribution is -2.44. The third-order valence-corrected chi connectivity index (χ3v) is 5.70. The molecular weight excluding hydrogens is 332 g/mol. The lowest BCUT2D eigenvalue weighted by atomic mass is 10.1. The third kappa shape index (κ3) is 6.12. The van der Waals surface area contributed by atoms with Crippen molar-refractivity contribution in [1.82, 2.24) is 15.5 Å². The minimum atomic E-state index is 0.352. The first-order chi connectivity index (χ1) is 12.2. The molecule has 1 aromatic rings. The molecule has 1 fully saturated rings. The van der Waals surface area contributed by atoms with E-state index in [1.54, 1.807) is 7.11 Å². The number of ether oxygens (including phenoxy) is 1. The molecule has 2 atom stereocenters. The number of benzene rings is 1. The third-order valence-electron chi connectivity index (χ3n) is 4.73. The second kappa shape index (κ2) is 10.6. The average molecular weight is 365 g/mol. The highest BCUT2D eigenvalue weighted by atomic mass is 32.2. The quantitative estimate of drug-likeness (QED) is 0.549. The summed E-state index contributed by atoms with van der Waals surface area (Å²) in [5, 5.41) is 7.49. The SMILES string of the molecule is CN=C(NCC(C)SC)NCC(c1ccc(OC)cc1)N1CCCC1. The summed E-state index contributed by atoms with van der Waals surface area (Å²) in [4.78, 5) is 6.92. The van der Waals surface area contributed by atoms with Crippen LogP contribution in [0.3, 0.4) is 0 Å². The van der Waals surface area contributed by atoms with Crippen molar-refractivity contribution in [2.45, 2.75) is 31.1 Å². The Labute approximate surface area is 156 Å². The summed E-state index contributed by atoms with van der Waals surface area (Å²) < 4.78 is 5.29. The Kier molecular flexibility index (Phi) is 8.41. The van der Waals surface area contributed by atoms with E-state index in [0.29, 0.717) is 11.3 Å². The van der Waals surface area contributed by atoms with Gasteiger partial charge in [-0.25, -0.2) is 0 Å². The van der Waals surface area contributed by atoms with Gasteiger partial charge in [-0.1, -0.05) is 19.1 Å². The maximum atomic E-state index is 5.29. The Morgan fingerprint density at radius 1 is 1.20 bits per heavy atom. The molecule has 0 radical (unpaired) electrons. The molecule has 0 amide bonds. The highest BCUT2D eigenvalue weighted by Crippen LogP contribution is 2.26. The fourth-order valence-electron chi connectivity index (χ4n) is 3.07. The van der Waals surface area contributed by atoms with Gasteiger partial charge in [-0.3, -0.25) is 9.89 Å². The van der Waals surface area contributed by atoms with Gasteiger partial charge in [0.1, 0.15) is 5.75 Å². The molecule has 2 N–H and O–H groups in total. The molecule has 1 heterocycles. The number of thioether (sulfide) groups is 1. The Balaban J connectivity index is 2.00. The first kappa shape index (κ1) is 19.9. The van der Waals surface area contributed by atoms with Crippen molar-refractivity contribution >= 4 is 17.7 Å². The minimum Gasteiger partial charge on any atom is -0.497 e. The van der Waals surface area contributed by atoms with Gasteiger partial charge in [0.15, 0.2) is 5.96 Å². The van der Waals surface area contributed by atoms with Gasteiger partial charge >= 0.3 is 0 Å². The lowest BCUT2D eigenvalue weighted by Gasteiger charge is -2.29. The predicted molar refractivity (Wildman–Crippen MR) is 109 cm³/mol. The number of rotatable bonds is 8. The molecule has 0 spiro atoms. The summed E-state index contributed by atoms with van der Waals surface area (Å²) >= 11 is 1.86. The largest absolute Gasteiger partial charge is 0.497 e. The Hall–Kier alpha value is -1.40. The Morgan fingerprint density at radius 3 is 2.40 bits per heavy atom. The average Bonchev–Trinajstić information content (AvgIpc) is 3.19. The van der Waals surface area contributed by atoms with E-state index in [2.05, 4.69) is 45.8 Å². The van der Waals surface area contributed by atoms with Crippen LogP contribution >= 0.6 is 11.8 Å². The standard InChI is InChI=1S/C19H32N4OS/c1-15(25-4)13-21-19(20-2)22-14-18(23-11-5-6-12-23)16-7-9-17(24-3)10-8-16/h7-10,15,18H,5-6,11-14H2,1-4H3,(H2,20,21,22). The van der Waals surface area contributed by atoms with Crippen molar-refractivity contribution in [2.75, 3.05) is 46.6 Å². The van der Waals surface area contributed by atoms with Crippen LogP contribution in [0.5, 0.6) is 5.75 Å². The molecule has 0 aromatic heterocycles. The van der Waals surface area contributed by atoms with Crippen molar-refractivity contribution in [3.63, 3.8) is 0 Å². The van der Waals surface area contributed by atoms with Gasteiger partial charge in [-0.05, 0) is 49.9 Å². The maximum absolute atomic E-state index is 5.29. The molecule has 2 rings (SSSR count). The number of hydrogen-bond acceptors (Lipinski definition) is 4. The summed E-state index contributed by atoms with van der Waals surface area (Å²) in [5.41, 5.74) is 1.32. The molecule has 0 saturated carbocycles. The van der Waals surface area contributed by atoms with Crippen LogP contribution in [0.25, 0.3) is 0 Å². The normalized spacial score (nSPS) is 18.0.